The van der Waals surface area contributed by atoms with Crippen LogP contribution in [-0.2, 0) is 13.5 Å². The molecule has 3 heterocycles. The number of rotatable bonds is 4. The summed E-state index contributed by atoms with van der Waals surface area (Å²) in [6.07, 6.45) is 4.75. The van der Waals surface area contributed by atoms with E-state index in [0.717, 1.165) is 17.7 Å². The van der Waals surface area contributed by atoms with Gasteiger partial charge in [0.1, 0.15) is 0 Å². The molecule has 174 valence electrons. The van der Waals surface area contributed by atoms with E-state index in [1.807, 2.05) is 13.8 Å². The second-order valence-corrected chi connectivity index (χ2v) is 8.69. The highest BCUT2D eigenvalue weighted by Gasteiger charge is 2.40. The Morgan fingerprint density at radius 1 is 1.15 bits per heavy atom. The Kier molecular flexibility index (Phi) is 6.22. The summed E-state index contributed by atoms with van der Waals surface area (Å²) in [7, 11) is 1.67. The van der Waals surface area contributed by atoms with E-state index in [0.29, 0.717) is 46.8 Å². The maximum atomic E-state index is 14.0. The third kappa shape index (κ3) is 3.80. The van der Waals surface area contributed by atoms with E-state index in [9.17, 15) is 18.0 Å². The van der Waals surface area contributed by atoms with Gasteiger partial charge in [-0.15, -0.1) is 0 Å². The molecule has 0 fully saturated rings. The van der Waals surface area contributed by atoms with E-state index < -0.39 is 17.5 Å². The number of carbonyl (C=O) groups excluding carboxylic acids is 1. The number of aromatic nitrogens is 3. The number of carbonyl (C=O) groups is 1. The van der Waals surface area contributed by atoms with Gasteiger partial charge < -0.3 is 4.90 Å². The molecule has 1 amide bonds. The van der Waals surface area contributed by atoms with Gasteiger partial charge in [-0.25, -0.2) is 13.2 Å². The molecular formula is C24H24ClF3N4O. The number of amides is 1. The number of pyridine rings is 1. The predicted molar refractivity (Wildman–Crippen MR) is 119 cm³/mol. The molecule has 1 aliphatic heterocycles. The van der Waals surface area contributed by atoms with Crippen molar-refractivity contribution in [2.24, 2.45) is 7.05 Å². The summed E-state index contributed by atoms with van der Waals surface area (Å²) in [6.45, 7) is 5.72. The van der Waals surface area contributed by atoms with E-state index >= 15 is 0 Å². The van der Waals surface area contributed by atoms with Crippen molar-refractivity contribution in [2.45, 2.75) is 52.1 Å². The molecule has 0 spiro atoms. The number of benzene rings is 1. The normalized spacial score (nSPS) is 17.9. The number of hydrogen-bond donors (Lipinski definition) is 0. The fourth-order valence-corrected chi connectivity index (χ4v) is 4.89. The van der Waals surface area contributed by atoms with Gasteiger partial charge in [0, 0.05) is 36.6 Å². The van der Waals surface area contributed by atoms with Crippen LogP contribution in [0, 0.1) is 24.4 Å². The summed E-state index contributed by atoms with van der Waals surface area (Å²) < 4.78 is 43.1. The zero-order valence-corrected chi connectivity index (χ0v) is 19.6. The zero-order valence-electron chi connectivity index (χ0n) is 18.8. The van der Waals surface area contributed by atoms with Gasteiger partial charge in [0.15, 0.2) is 17.5 Å². The maximum Gasteiger partial charge on any atom is 0.257 e. The van der Waals surface area contributed by atoms with Gasteiger partial charge in [-0.05, 0) is 43.9 Å². The van der Waals surface area contributed by atoms with E-state index in [4.69, 9.17) is 11.6 Å². The standard InChI is InChI=1S/C24H24ClF3N4O/c1-5-14-9-15-22(30-31(4)23(15)13-7-17(26)21(28)18(27)8-13)19(6-2)32(14)24(33)16-11-29-10-12(3)20(16)25/h7-8,10-11,14,19H,5-6,9H2,1-4H3. The molecule has 2 unspecified atom stereocenters. The third-order valence-electron chi connectivity index (χ3n) is 6.30. The van der Waals surface area contributed by atoms with Crippen LogP contribution in [0.1, 0.15) is 59.9 Å². The van der Waals surface area contributed by atoms with Crippen LogP contribution in [0.2, 0.25) is 5.02 Å². The lowest BCUT2D eigenvalue weighted by atomic mass is 9.87. The minimum absolute atomic E-state index is 0.190. The van der Waals surface area contributed by atoms with Crippen molar-refractivity contribution in [2.75, 3.05) is 0 Å². The first-order valence-corrected chi connectivity index (χ1v) is 11.2. The molecule has 33 heavy (non-hydrogen) atoms. The van der Waals surface area contributed by atoms with Crippen LogP contribution < -0.4 is 0 Å². The smallest absolute Gasteiger partial charge is 0.257 e. The SMILES string of the molecule is CCC1Cc2c(nn(C)c2-c2cc(F)c(F)c(F)c2)C(CC)N1C(=O)c1cncc(C)c1Cl. The first-order chi connectivity index (χ1) is 15.7. The Labute approximate surface area is 195 Å². The molecule has 0 bridgehead atoms. The number of nitrogens with zero attached hydrogens (tertiary/aromatic N) is 4. The molecule has 0 N–H and O–H groups in total. The van der Waals surface area contributed by atoms with Gasteiger partial charge in [-0.3, -0.25) is 14.5 Å². The molecule has 0 aliphatic carbocycles. The van der Waals surface area contributed by atoms with Crippen LogP contribution in [0.15, 0.2) is 24.5 Å². The molecule has 2 atom stereocenters. The zero-order chi connectivity index (χ0) is 24.0. The molecular weight excluding hydrogens is 453 g/mol. The number of fused-ring (bicyclic) bond motifs is 1. The van der Waals surface area contributed by atoms with Crippen molar-refractivity contribution in [1.29, 1.82) is 0 Å². The topological polar surface area (TPSA) is 51.0 Å². The Hall–Kier alpha value is -2.87. The second kappa shape index (κ2) is 8.82. The lowest BCUT2D eigenvalue weighted by Crippen LogP contribution is -2.47. The van der Waals surface area contributed by atoms with E-state index in [-0.39, 0.29) is 23.6 Å². The molecule has 4 rings (SSSR count). The Morgan fingerprint density at radius 3 is 2.42 bits per heavy atom. The number of aryl methyl sites for hydroxylation is 2. The summed E-state index contributed by atoms with van der Waals surface area (Å²) >= 11 is 6.43. The second-order valence-electron chi connectivity index (χ2n) is 8.31. The molecule has 3 aromatic rings. The minimum atomic E-state index is -1.51. The third-order valence-corrected chi connectivity index (χ3v) is 6.80. The van der Waals surface area contributed by atoms with Gasteiger partial charge in [0.05, 0.1) is 28.0 Å². The highest BCUT2D eigenvalue weighted by atomic mass is 35.5. The quantitative estimate of drug-likeness (QED) is 0.448. The van der Waals surface area contributed by atoms with Crippen LogP contribution in [0.5, 0.6) is 0 Å². The lowest BCUT2D eigenvalue weighted by molar-refractivity contribution is 0.0512. The van der Waals surface area contributed by atoms with E-state index in [1.54, 1.807) is 29.7 Å². The average Bonchev–Trinajstić information content (AvgIpc) is 3.12. The van der Waals surface area contributed by atoms with E-state index in [2.05, 4.69) is 10.1 Å². The van der Waals surface area contributed by atoms with Crippen molar-refractivity contribution >= 4 is 17.5 Å². The molecule has 5 nitrogen and oxygen atoms in total. The van der Waals surface area contributed by atoms with Crippen molar-refractivity contribution in [3.63, 3.8) is 0 Å². The predicted octanol–water partition coefficient (Wildman–Crippen LogP) is 5.79. The number of hydrogen-bond acceptors (Lipinski definition) is 3. The fraction of sp³-hybridized carbons (Fsp3) is 0.375. The summed E-state index contributed by atoms with van der Waals surface area (Å²) in [5, 5.41) is 5.00. The molecule has 0 saturated carbocycles. The van der Waals surface area contributed by atoms with Gasteiger partial charge >= 0.3 is 0 Å². The Balaban J connectivity index is 1.85. The fourth-order valence-electron chi connectivity index (χ4n) is 4.71. The minimum Gasteiger partial charge on any atom is -0.327 e. The van der Waals surface area contributed by atoms with Crippen LogP contribution in [0.4, 0.5) is 13.2 Å². The van der Waals surface area contributed by atoms with Gasteiger partial charge in [-0.1, -0.05) is 25.4 Å². The number of halogens is 4. The summed E-state index contributed by atoms with van der Waals surface area (Å²) in [6, 6.07) is 1.41. The highest BCUT2D eigenvalue weighted by Crippen LogP contribution is 2.42. The first-order valence-electron chi connectivity index (χ1n) is 10.8. The highest BCUT2D eigenvalue weighted by molar-refractivity contribution is 6.34. The summed E-state index contributed by atoms with van der Waals surface area (Å²) in [5.41, 5.74) is 3.23. The molecule has 0 radical (unpaired) electrons. The van der Waals surface area contributed by atoms with Crippen LogP contribution in [0.3, 0.4) is 0 Å². The molecule has 1 aliphatic rings. The maximum absolute atomic E-state index is 14.0. The monoisotopic (exact) mass is 476 g/mol. The van der Waals surface area contributed by atoms with Crippen molar-refractivity contribution in [3.05, 3.63) is 69.4 Å². The Bertz CT molecular complexity index is 1220. The largest absolute Gasteiger partial charge is 0.327 e. The molecule has 0 saturated heterocycles. The molecule has 9 heteroatoms. The first kappa shape index (κ1) is 23.3. The van der Waals surface area contributed by atoms with Crippen molar-refractivity contribution in [3.8, 4) is 11.3 Å². The van der Waals surface area contributed by atoms with Crippen molar-refractivity contribution < 1.29 is 18.0 Å². The van der Waals surface area contributed by atoms with E-state index in [1.165, 1.54) is 6.20 Å². The van der Waals surface area contributed by atoms with Crippen LogP contribution in [0.25, 0.3) is 11.3 Å². The molecule has 2 aromatic heterocycles. The van der Waals surface area contributed by atoms with Crippen molar-refractivity contribution in [1.82, 2.24) is 19.7 Å². The Morgan fingerprint density at radius 2 is 1.82 bits per heavy atom. The molecule has 1 aromatic carbocycles. The van der Waals surface area contributed by atoms with Gasteiger partial charge in [0.2, 0.25) is 0 Å². The van der Waals surface area contributed by atoms with Crippen LogP contribution in [-0.4, -0.2) is 31.6 Å². The van der Waals surface area contributed by atoms with Crippen LogP contribution >= 0.6 is 11.6 Å². The summed E-state index contributed by atoms with van der Waals surface area (Å²) in [4.78, 5) is 19.6. The lowest BCUT2D eigenvalue weighted by Gasteiger charge is -2.41. The average molecular weight is 477 g/mol. The van der Waals surface area contributed by atoms with Gasteiger partial charge in [-0.2, -0.15) is 5.10 Å². The summed E-state index contributed by atoms with van der Waals surface area (Å²) in [5.74, 6) is -4.25. The van der Waals surface area contributed by atoms with Gasteiger partial charge in [0.25, 0.3) is 5.91 Å².